The van der Waals surface area contributed by atoms with Gasteiger partial charge in [-0.1, -0.05) is 12.1 Å². The second kappa shape index (κ2) is 7.46. The number of hydrogen-bond donors (Lipinski definition) is 1. The number of ether oxygens (including phenoxy) is 1. The van der Waals surface area contributed by atoms with Crippen molar-refractivity contribution in [2.75, 3.05) is 36.9 Å². The molecule has 3 aromatic carbocycles. The molecule has 0 atom stereocenters. The van der Waals surface area contributed by atoms with Crippen LogP contribution in [-0.2, 0) is 0 Å². The molecule has 3 aromatic rings. The lowest BCUT2D eigenvalue weighted by molar-refractivity contribution is 0.0893. The highest BCUT2D eigenvalue weighted by Gasteiger charge is 2.34. The van der Waals surface area contributed by atoms with Gasteiger partial charge in [0.1, 0.15) is 12.4 Å². The zero-order valence-corrected chi connectivity index (χ0v) is 16.6. The number of nitrogen functional groups attached to an aromatic ring is 1. The quantitative estimate of drug-likeness (QED) is 0.521. The Morgan fingerprint density at radius 3 is 2.40 bits per heavy atom. The highest BCUT2D eigenvalue weighted by molar-refractivity contribution is 6.36. The van der Waals surface area contributed by atoms with Crippen molar-refractivity contribution in [1.29, 1.82) is 0 Å². The minimum atomic E-state index is -0.362. The summed E-state index contributed by atoms with van der Waals surface area (Å²) in [6.45, 7) is 3.81. The lowest BCUT2D eigenvalue weighted by atomic mass is 9.93. The summed E-state index contributed by atoms with van der Waals surface area (Å²) in [4.78, 5) is 29.9. The molecule has 0 bridgehead atoms. The summed E-state index contributed by atoms with van der Waals surface area (Å²) in [5.41, 5.74) is 7.96. The number of likely N-dealkylation sites (tertiary alicyclic amines) is 1. The second-order valence-corrected chi connectivity index (χ2v) is 7.81. The van der Waals surface area contributed by atoms with Gasteiger partial charge in [0.25, 0.3) is 11.8 Å². The van der Waals surface area contributed by atoms with Gasteiger partial charge in [-0.15, -0.1) is 0 Å². The molecule has 5 rings (SSSR count). The van der Waals surface area contributed by atoms with Gasteiger partial charge in [-0.05, 0) is 73.8 Å². The van der Waals surface area contributed by atoms with E-state index in [1.54, 1.807) is 42.5 Å². The fourth-order valence-electron chi connectivity index (χ4n) is 4.36. The minimum absolute atomic E-state index is 0.328. The standard InChI is InChI=1S/C24H23N3O3/c25-17-14-16-4-3-5-20-22(16)21(15-17)24(29)27(23(20)28)18-6-8-19(9-7-18)30-13-12-26-10-1-2-11-26/h3-9,14-15H,1-2,10-13,25H2. The van der Waals surface area contributed by atoms with Gasteiger partial charge in [-0.3, -0.25) is 14.5 Å². The zero-order chi connectivity index (χ0) is 20.7. The molecule has 0 saturated carbocycles. The van der Waals surface area contributed by atoms with Gasteiger partial charge in [0.2, 0.25) is 0 Å². The van der Waals surface area contributed by atoms with Crippen LogP contribution in [0.2, 0.25) is 0 Å². The molecule has 2 aliphatic heterocycles. The van der Waals surface area contributed by atoms with Crippen molar-refractivity contribution in [3.63, 3.8) is 0 Å². The number of carbonyl (C=O) groups excluding carboxylic acids is 2. The molecule has 0 radical (unpaired) electrons. The molecule has 6 nitrogen and oxygen atoms in total. The van der Waals surface area contributed by atoms with E-state index < -0.39 is 0 Å². The van der Waals surface area contributed by atoms with Crippen LogP contribution in [0.15, 0.2) is 54.6 Å². The van der Waals surface area contributed by atoms with Crippen LogP contribution in [0.3, 0.4) is 0 Å². The average molecular weight is 401 g/mol. The maximum atomic E-state index is 13.2. The van der Waals surface area contributed by atoms with Gasteiger partial charge in [0.05, 0.1) is 11.3 Å². The van der Waals surface area contributed by atoms with Crippen LogP contribution in [0, 0.1) is 0 Å². The van der Waals surface area contributed by atoms with Crippen molar-refractivity contribution in [3.05, 3.63) is 65.7 Å². The van der Waals surface area contributed by atoms with Crippen molar-refractivity contribution in [2.24, 2.45) is 0 Å². The Morgan fingerprint density at radius 1 is 0.900 bits per heavy atom. The summed E-state index contributed by atoms with van der Waals surface area (Å²) < 4.78 is 5.84. The van der Waals surface area contributed by atoms with Crippen molar-refractivity contribution < 1.29 is 14.3 Å². The first-order valence-electron chi connectivity index (χ1n) is 10.3. The zero-order valence-electron chi connectivity index (χ0n) is 16.6. The Bertz CT molecular complexity index is 1130. The van der Waals surface area contributed by atoms with Gasteiger partial charge in [-0.25, -0.2) is 4.90 Å². The third-order valence-corrected chi connectivity index (χ3v) is 5.84. The van der Waals surface area contributed by atoms with Gasteiger partial charge in [-0.2, -0.15) is 0 Å². The maximum Gasteiger partial charge on any atom is 0.266 e. The van der Waals surface area contributed by atoms with E-state index in [9.17, 15) is 9.59 Å². The smallest absolute Gasteiger partial charge is 0.266 e. The van der Waals surface area contributed by atoms with Crippen LogP contribution < -0.4 is 15.4 Å². The van der Waals surface area contributed by atoms with Crippen LogP contribution in [-0.4, -0.2) is 43.0 Å². The van der Waals surface area contributed by atoms with E-state index in [-0.39, 0.29) is 11.8 Å². The van der Waals surface area contributed by atoms with Gasteiger partial charge < -0.3 is 10.5 Å². The minimum Gasteiger partial charge on any atom is -0.492 e. The Kier molecular flexibility index (Phi) is 4.64. The number of anilines is 2. The van der Waals surface area contributed by atoms with E-state index in [1.165, 1.54) is 17.7 Å². The molecule has 0 unspecified atom stereocenters. The van der Waals surface area contributed by atoms with Crippen molar-refractivity contribution >= 4 is 34.0 Å². The number of carbonyl (C=O) groups is 2. The molecule has 0 spiro atoms. The third kappa shape index (κ3) is 3.19. The first kappa shape index (κ1) is 18.6. The Hall–Kier alpha value is -3.38. The number of imide groups is 1. The SMILES string of the molecule is Nc1cc2c3c(cccc3c1)C(=O)N(c1ccc(OCCN3CCCC3)cc1)C2=O. The monoisotopic (exact) mass is 401 g/mol. The van der Waals surface area contributed by atoms with E-state index >= 15 is 0 Å². The second-order valence-electron chi connectivity index (χ2n) is 7.81. The summed E-state index contributed by atoms with van der Waals surface area (Å²) in [6, 6.07) is 15.9. The predicted molar refractivity (Wildman–Crippen MR) is 117 cm³/mol. The fraction of sp³-hybridized carbons (Fsp3) is 0.250. The highest BCUT2D eigenvalue weighted by Crippen LogP contribution is 2.34. The molecule has 2 aliphatic rings. The summed E-state index contributed by atoms with van der Waals surface area (Å²) in [6.07, 6.45) is 2.52. The Labute approximate surface area is 174 Å². The van der Waals surface area contributed by atoms with Crippen LogP contribution in [0.5, 0.6) is 5.75 Å². The molecule has 6 heteroatoms. The average Bonchev–Trinajstić information content (AvgIpc) is 3.26. The number of nitrogens with zero attached hydrogens (tertiary/aromatic N) is 2. The molecule has 1 saturated heterocycles. The van der Waals surface area contributed by atoms with Crippen molar-refractivity contribution in [2.45, 2.75) is 12.8 Å². The molecule has 0 aromatic heterocycles. The van der Waals surface area contributed by atoms with Crippen LogP contribution in [0.1, 0.15) is 33.6 Å². The van der Waals surface area contributed by atoms with Crippen molar-refractivity contribution in [3.8, 4) is 5.75 Å². The van der Waals surface area contributed by atoms with E-state index in [0.29, 0.717) is 34.5 Å². The van der Waals surface area contributed by atoms with Crippen LogP contribution >= 0.6 is 0 Å². The normalized spacial score (nSPS) is 16.5. The van der Waals surface area contributed by atoms with E-state index in [1.807, 2.05) is 12.1 Å². The first-order chi connectivity index (χ1) is 14.6. The summed E-state index contributed by atoms with van der Waals surface area (Å²) >= 11 is 0. The van der Waals surface area contributed by atoms with E-state index in [4.69, 9.17) is 10.5 Å². The lowest BCUT2D eigenvalue weighted by Gasteiger charge is -2.27. The summed E-state index contributed by atoms with van der Waals surface area (Å²) in [5, 5.41) is 1.46. The summed E-state index contributed by atoms with van der Waals surface area (Å²) in [7, 11) is 0. The largest absolute Gasteiger partial charge is 0.492 e. The van der Waals surface area contributed by atoms with Gasteiger partial charge in [0.15, 0.2) is 0 Å². The predicted octanol–water partition coefficient (Wildman–Crippen LogP) is 3.70. The fourth-order valence-corrected chi connectivity index (χ4v) is 4.36. The molecule has 2 heterocycles. The molecule has 30 heavy (non-hydrogen) atoms. The molecule has 1 fully saturated rings. The third-order valence-electron chi connectivity index (χ3n) is 5.84. The topological polar surface area (TPSA) is 75.9 Å². The molecule has 0 aliphatic carbocycles. The van der Waals surface area contributed by atoms with E-state index in [2.05, 4.69) is 4.90 Å². The molecule has 152 valence electrons. The number of hydrogen-bond acceptors (Lipinski definition) is 5. The first-order valence-corrected chi connectivity index (χ1v) is 10.3. The Morgan fingerprint density at radius 2 is 1.63 bits per heavy atom. The van der Waals surface area contributed by atoms with Gasteiger partial charge >= 0.3 is 0 Å². The molecular weight excluding hydrogens is 378 g/mol. The molecule has 2 N–H and O–H groups in total. The summed E-state index contributed by atoms with van der Waals surface area (Å²) in [5.74, 6) is 0.0332. The van der Waals surface area contributed by atoms with Crippen LogP contribution in [0.4, 0.5) is 11.4 Å². The van der Waals surface area contributed by atoms with Gasteiger partial charge in [0, 0.05) is 23.2 Å². The van der Waals surface area contributed by atoms with Crippen LogP contribution in [0.25, 0.3) is 10.8 Å². The Balaban J connectivity index is 1.39. The number of amides is 2. The lowest BCUT2D eigenvalue weighted by Crippen LogP contribution is -2.40. The van der Waals surface area contributed by atoms with E-state index in [0.717, 1.165) is 30.8 Å². The number of nitrogens with two attached hydrogens (primary N) is 1. The number of rotatable bonds is 5. The number of benzene rings is 3. The maximum absolute atomic E-state index is 13.2. The molecular formula is C24H23N3O3. The molecule has 2 amide bonds. The highest BCUT2D eigenvalue weighted by atomic mass is 16.5. The van der Waals surface area contributed by atoms with Crippen molar-refractivity contribution in [1.82, 2.24) is 4.90 Å².